The molecule has 0 bridgehead atoms. The van der Waals surface area contributed by atoms with E-state index in [1.54, 1.807) is 0 Å². The maximum absolute atomic E-state index is 11.0. The van der Waals surface area contributed by atoms with Crippen LogP contribution in [0.4, 0.5) is 0 Å². The molecule has 0 aliphatic heterocycles. The molecule has 0 radical (unpaired) electrons. The second-order valence-corrected chi connectivity index (χ2v) is 4.55. The summed E-state index contributed by atoms with van der Waals surface area (Å²) in [4.78, 5) is 11.0. The summed E-state index contributed by atoms with van der Waals surface area (Å²) < 4.78 is 0. The van der Waals surface area contributed by atoms with Crippen LogP contribution in [-0.2, 0) is 0 Å². The number of hydrogen-bond donors (Lipinski definition) is 0. The van der Waals surface area contributed by atoms with Gasteiger partial charge in [-0.15, -0.1) is 0 Å². The van der Waals surface area contributed by atoms with E-state index < -0.39 is 0 Å². The average molecular weight is 212 g/mol. The molecule has 0 saturated carbocycles. The zero-order chi connectivity index (χ0) is 11.7. The largest absolute Gasteiger partial charge is 0.298 e. The molecule has 0 N–H and O–H groups in total. The summed E-state index contributed by atoms with van der Waals surface area (Å²) in [6.45, 7) is 6.42. The highest BCUT2D eigenvalue weighted by Gasteiger charge is 2.11. The lowest BCUT2D eigenvalue weighted by molar-refractivity contribution is 0.112. The minimum atomic E-state index is 0.476. The summed E-state index contributed by atoms with van der Waals surface area (Å²) >= 11 is 0. The van der Waals surface area contributed by atoms with Crippen LogP contribution in [0.25, 0.3) is 11.1 Å². The van der Waals surface area contributed by atoms with Gasteiger partial charge in [0.15, 0.2) is 6.29 Å². The first-order chi connectivity index (χ1) is 7.63. The number of fused-ring (bicyclic) bond motifs is 1. The van der Waals surface area contributed by atoms with Crippen molar-refractivity contribution in [1.29, 1.82) is 0 Å². The Kier molecular flexibility index (Phi) is 2.78. The summed E-state index contributed by atoms with van der Waals surface area (Å²) in [5.41, 5.74) is 5.52. The quantitative estimate of drug-likeness (QED) is 0.687. The molecular formula is C15H16O. The van der Waals surface area contributed by atoms with Crippen molar-refractivity contribution in [2.45, 2.75) is 26.7 Å². The molecule has 82 valence electrons. The topological polar surface area (TPSA) is 17.1 Å². The fourth-order valence-electron chi connectivity index (χ4n) is 2.00. The van der Waals surface area contributed by atoms with Crippen molar-refractivity contribution in [2.24, 2.45) is 0 Å². The molecule has 16 heavy (non-hydrogen) atoms. The van der Waals surface area contributed by atoms with Gasteiger partial charge in [-0.1, -0.05) is 44.2 Å². The first-order valence-electron chi connectivity index (χ1n) is 5.62. The molecule has 0 aromatic rings. The maximum Gasteiger partial charge on any atom is 0.150 e. The smallest absolute Gasteiger partial charge is 0.150 e. The van der Waals surface area contributed by atoms with Crippen LogP contribution in [0.15, 0.2) is 30.3 Å². The standard InChI is InChI=1S/C15H16O/c1-10(2)12-5-4-11(3)14-7-6-13(9-16)15(14)8-12/h4-10H,1-3H3. The van der Waals surface area contributed by atoms with Gasteiger partial charge in [0.25, 0.3) is 0 Å². The molecule has 0 spiro atoms. The van der Waals surface area contributed by atoms with Gasteiger partial charge in [-0.2, -0.15) is 0 Å². The Bertz CT molecular complexity index is 497. The first kappa shape index (κ1) is 10.9. The molecule has 2 aliphatic rings. The van der Waals surface area contributed by atoms with Crippen LogP contribution in [0.3, 0.4) is 0 Å². The highest BCUT2D eigenvalue weighted by molar-refractivity contribution is 5.90. The third-order valence-corrected chi connectivity index (χ3v) is 3.09. The van der Waals surface area contributed by atoms with E-state index in [2.05, 4.69) is 39.0 Å². The van der Waals surface area contributed by atoms with Gasteiger partial charge in [0, 0.05) is 5.56 Å². The minimum absolute atomic E-state index is 0.476. The monoisotopic (exact) mass is 212 g/mol. The first-order valence-corrected chi connectivity index (χ1v) is 5.62. The van der Waals surface area contributed by atoms with Gasteiger partial charge in [0.2, 0.25) is 0 Å². The third-order valence-electron chi connectivity index (χ3n) is 3.09. The molecule has 0 saturated heterocycles. The van der Waals surface area contributed by atoms with Crippen molar-refractivity contribution in [1.82, 2.24) is 0 Å². The molecule has 1 nitrogen and oxygen atoms in total. The third kappa shape index (κ3) is 1.73. The van der Waals surface area contributed by atoms with Crippen molar-refractivity contribution < 1.29 is 4.79 Å². The fraction of sp³-hybridized carbons (Fsp3) is 0.267. The lowest BCUT2D eigenvalue weighted by atomic mass is 10.0. The van der Waals surface area contributed by atoms with Crippen LogP contribution in [0.2, 0.25) is 0 Å². The predicted molar refractivity (Wildman–Crippen MR) is 67.3 cm³/mol. The molecule has 1 heteroatoms. The molecule has 0 fully saturated rings. The molecule has 0 aromatic heterocycles. The average Bonchev–Trinajstić information content (AvgIpc) is 2.58. The number of carbonyl (C=O) groups excluding carboxylic acids is 1. The Morgan fingerprint density at radius 3 is 2.44 bits per heavy atom. The Morgan fingerprint density at radius 2 is 1.81 bits per heavy atom. The lowest BCUT2D eigenvalue weighted by Gasteiger charge is -2.02. The Hall–Kier alpha value is -1.63. The van der Waals surface area contributed by atoms with Crippen LogP contribution in [0.1, 0.15) is 41.3 Å². The normalized spacial score (nSPS) is 11.0. The van der Waals surface area contributed by atoms with Gasteiger partial charge in [0.05, 0.1) is 0 Å². The van der Waals surface area contributed by atoms with Gasteiger partial charge >= 0.3 is 0 Å². The van der Waals surface area contributed by atoms with Gasteiger partial charge in [-0.25, -0.2) is 0 Å². The van der Waals surface area contributed by atoms with E-state index in [-0.39, 0.29) is 0 Å². The van der Waals surface area contributed by atoms with Gasteiger partial charge in [0.1, 0.15) is 0 Å². The van der Waals surface area contributed by atoms with E-state index in [9.17, 15) is 4.79 Å². The van der Waals surface area contributed by atoms with Crippen molar-refractivity contribution in [3.05, 3.63) is 47.0 Å². The maximum atomic E-state index is 11.0. The lowest BCUT2D eigenvalue weighted by Crippen LogP contribution is -1.85. The van der Waals surface area contributed by atoms with Gasteiger partial charge < -0.3 is 0 Å². The van der Waals surface area contributed by atoms with Crippen molar-refractivity contribution in [3.63, 3.8) is 0 Å². The highest BCUT2D eigenvalue weighted by atomic mass is 16.1. The van der Waals surface area contributed by atoms with Crippen LogP contribution in [0, 0.1) is 6.92 Å². The number of hydrogen-bond acceptors (Lipinski definition) is 1. The summed E-state index contributed by atoms with van der Waals surface area (Å²) in [7, 11) is 0. The van der Waals surface area contributed by atoms with Crippen molar-refractivity contribution in [3.8, 4) is 11.1 Å². The summed E-state index contributed by atoms with van der Waals surface area (Å²) in [6, 6.07) is 10.3. The Labute approximate surface area is 96.5 Å². The second-order valence-electron chi connectivity index (χ2n) is 4.55. The molecule has 0 unspecified atom stereocenters. The van der Waals surface area contributed by atoms with E-state index in [1.165, 1.54) is 16.7 Å². The zero-order valence-corrected chi connectivity index (χ0v) is 9.95. The molecule has 0 heterocycles. The zero-order valence-electron chi connectivity index (χ0n) is 9.95. The number of carbonyl (C=O) groups is 1. The van der Waals surface area contributed by atoms with E-state index >= 15 is 0 Å². The number of aldehydes is 1. The van der Waals surface area contributed by atoms with Crippen LogP contribution >= 0.6 is 0 Å². The second kappa shape index (κ2) is 4.09. The van der Waals surface area contributed by atoms with Gasteiger partial charge in [-0.3, -0.25) is 4.79 Å². The van der Waals surface area contributed by atoms with E-state index in [0.717, 1.165) is 17.4 Å². The molecule has 0 amide bonds. The summed E-state index contributed by atoms with van der Waals surface area (Å²) in [6.07, 6.45) is 0.936. The SMILES string of the molecule is Cc1ccc(C(C)C)cc2c(C=O)ccc1-2. The van der Waals surface area contributed by atoms with E-state index in [0.29, 0.717) is 5.92 Å². The minimum Gasteiger partial charge on any atom is -0.298 e. The molecular weight excluding hydrogens is 196 g/mol. The predicted octanol–water partition coefficient (Wildman–Crippen LogP) is 4.04. The van der Waals surface area contributed by atoms with E-state index in [4.69, 9.17) is 0 Å². The number of rotatable bonds is 2. The summed E-state index contributed by atoms with van der Waals surface area (Å²) in [5, 5.41) is 0. The van der Waals surface area contributed by atoms with Crippen molar-refractivity contribution in [2.75, 3.05) is 0 Å². The Balaban J connectivity index is 2.73. The van der Waals surface area contributed by atoms with Gasteiger partial charge in [-0.05, 0) is 35.1 Å². The van der Waals surface area contributed by atoms with Crippen LogP contribution < -0.4 is 0 Å². The highest BCUT2D eigenvalue weighted by Crippen LogP contribution is 2.31. The molecule has 0 atom stereocenters. The van der Waals surface area contributed by atoms with Crippen molar-refractivity contribution >= 4 is 6.29 Å². The fourth-order valence-corrected chi connectivity index (χ4v) is 2.00. The van der Waals surface area contributed by atoms with E-state index in [1.807, 2.05) is 12.1 Å². The Morgan fingerprint density at radius 1 is 1.06 bits per heavy atom. The molecule has 0 aromatic carbocycles. The summed E-state index contributed by atoms with van der Waals surface area (Å²) in [5.74, 6) is 0.476. The number of aryl methyl sites for hydroxylation is 1. The van der Waals surface area contributed by atoms with Crippen LogP contribution in [0.5, 0.6) is 0 Å². The molecule has 2 rings (SSSR count). The molecule has 2 aliphatic carbocycles. The van der Waals surface area contributed by atoms with Crippen LogP contribution in [-0.4, -0.2) is 6.29 Å².